The van der Waals surface area contributed by atoms with E-state index in [9.17, 15) is 14.4 Å². The minimum Gasteiger partial charge on any atom is -0.462 e. The number of esters is 3. The number of allylic oxidation sites excluding steroid dienone is 10. The lowest BCUT2D eigenvalue weighted by atomic mass is 10.0. The van der Waals surface area contributed by atoms with Gasteiger partial charge in [-0.25, -0.2) is 0 Å². The first-order valence-electron chi connectivity index (χ1n) is 34.8. The Bertz CT molecular complexity index is 1410. The molecule has 1 atom stereocenters. The van der Waals surface area contributed by atoms with Crippen LogP contribution in [-0.2, 0) is 28.6 Å². The van der Waals surface area contributed by atoms with Gasteiger partial charge in [-0.15, -0.1) is 0 Å². The van der Waals surface area contributed by atoms with Gasteiger partial charge in [0.05, 0.1) is 0 Å². The van der Waals surface area contributed by atoms with Gasteiger partial charge in [-0.1, -0.05) is 306 Å². The summed E-state index contributed by atoms with van der Waals surface area (Å²) in [7, 11) is 0. The first-order valence-corrected chi connectivity index (χ1v) is 34.8. The quantitative estimate of drug-likeness (QED) is 0.0261. The smallest absolute Gasteiger partial charge is 0.306 e. The van der Waals surface area contributed by atoms with Crippen molar-refractivity contribution in [1.82, 2.24) is 0 Å². The van der Waals surface area contributed by atoms with Gasteiger partial charge in [-0.2, -0.15) is 0 Å². The third-order valence-corrected chi connectivity index (χ3v) is 15.5. The number of carbonyl (C=O) groups is 3. The molecule has 0 aliphatic rings. The zero-order valence-corrected chi connectivity index (χ0v) is 52.9. The molecular formula is C73H132O6. The van der Waals surface area contributed by atoms with Gasteiger partial charge in [0.1, 0.15) is 13.2 Å². The van der Waals surface area contributed by atoms with Crippen molar-refractivity contribution in [2.45, 2.75) is 374 Å². The molecule has 6 nitrogen and oxygen atoms in total. The highest BCUT2D eigenvalue weighted by Crippen LogP contribution is 2.17. The van der Waals surface area contributed by atoms with Gasteiger partial charge in [0.15, 0.2) is 6.10 Å². The Labute approximate surface area is 491 Å². The topological polar surface area (TPSA) is 78.9 Å². The van der Waals surface area contributed by atoms with E-state index in [1.807, 2.05) is 0 Å². The van der Waals surface area contributed by atoms with E-state index >= 15 is 0 Å². The second-order valence-electron chi connectivity index (χ2n) is 23.4. The van der Waals surface area contributed by atoms with Crippen molar-refractivity contribution in [3.63, 3.8) is 0 Å². The largest absolute Gasteiger partial charge is 0.462 e. The molecule has 6 heteroatoms. The second kappa shape index (κ2) is 67.6. The van der Waals surface area contributed by atoms with Crippen LogP contribution in [0.2, 0.25) is 0 Å². The Hall–Kier alpha value is -2.89. The molecule has 0 spiro atoms. The van der Waals surface area contributed by atoms with Crippen molar-refractivity contribution in [2.75, 3.05) is 13.2 Å². The van der Waals surface area contributed by atoms with Gasteiger partial charge in [0.2, 0.25) is 0 Å². The molecule has 0 aromatic rings. The standard InChI is InChI=1S/C73H132O6/c1-4-7-10-13-16-19-22-25-28-30-32-33-34-35-36-37-38-39-40-41-42-44-45-48-51-54-57-60-63-66-72(75)78-69-70(68-77-71(74)65-62-59-56-53-50-47-27-24-21-18-15-12-9-6-3)79-73(76)67-64-61-58-55-52-49-46-43-31-29-26-23-20-17-14-11-8-5-2/h15,18,20,23-24,27,29-32,70H,4-14,16-17,19,21-22,25-26,28,33-69H2,1-3H3/b18-15-,23-20-,27-24-,31-29-,32-30-. The van der Waals surface area contributed by atoms with Gasteiger partial charge in [-0.3, -0.25) is 14.4 Å². The van der Waals surface area contributed by atoms with E-state index in [0.29, 0.717) is 19.3 Å². The Kier molecular flexibility index (Phi) is 65.1. The number of hydrogen-bond donors (Lipinski definition) is 0. The molecule has 0 aromatic carbocycles. The first-order chi connectivity index (χ1) is 39.0. The van der Waals surface area contributed by atoms with Crippen LogP contribution >= 0.6 is 0 Å². The summed E-state index contributed by atoms with van der Waals surface area (Å²) in [5, 5.41) is 0. The molecule has 460 valence electrons. The van der Waals surface area contributed by atoms with Crippen LogP contribution in [0.15, 0.2) is 60.8 Å². The van der Waals surface area contributed by atoms with Crippen LogP contribution in [0, 0.1) is 0 Å². The SMILES string of the molecule is CCCC/C=C\C/C=C\CCCCCCCC(=O)OCC(COC(=O)CCCCCCCCCCCCCCCCCCC/C=C\CCCCCCCCCC)OC(=O)CCCCCCCCC/C=C\C/C=C\CCCCCC. The highest BCUT2D eigenvalue weighted by Gasteiger charge is 2.19. The molecule has 0 rings (SSSR count). The molecule has 0 heterocycles. The third-order valence-electron chi connectivity index (χ3n) is 15.5. The molecule has 0 N–H and O–H groups in total. The number of ether oxygens (including phenoxy) is 3. The predicted octanol–water partition coefficient (Wildman–Crippen LogP) is 23.9. The van der Waals surface area contributed by atoms with E-state index in [1.165, 1.54) is 238 Å². The van der Waals surface area contributed by atoms with Crippen LogP contribution in [0.25, 0.3) is 0 Å². The molecule has 0 radical (unpaired) electrons. The molecule has 0 aliphatic carbocycles. The van der Waals surface area contributed by atoms with Crippen LogP contribution in [-0.4, -0.2) is 37.2 Å². The molecule has 0 aromatic heterocycles. The van der Waals surface area contributed by atoms with Crippen molar-refractivity contribution in [3.05, 3.63) is 60.8 Å². The molecule has 0 fully saturated rings. The lowest BCUT2D eigenvalue weighted by molar-refractivity contribution is -0.167. The summed E-state index contributed by atoms with van der Waals surface area (Å²) in [6.45, 7) is 6.62. The van der Waals surface area contributed by atoms with Crippen LogP contribution in [0.1, 0.15) is 367 Å². The summed E-state index contributed by atoms with van der Waals surface area (Å²) in [5.41, 5.74) is 0. The van der Waals surface area contributed by atoms with Crippen molar-refractivity contribution >= 4 is 17.9 Å². The molecule has 79 heavy (non-hydrogen) atoms. The average Bonchev–Trinajstić information content (AvgIpc) is 3.45. The van der Waals surface area contributed by atoms with E-state index < -0.39 is 6.10 Å². The van der Waals surface area contributed by atoms with Crippen molar-refractivity contribution in [1.29, 1.82) is 0 Å². The van der Waals surface area contributed by atoms with Gasteiger partial charge >= 0.3 is 17.9 Å². The van der Waals surface area contributed by atoms with Crippen molar-refractivity contribution < 1.29 is 28.6 Å². The van der Waals surface area contributed by atoms with Crippen LogP contribution in [0.5, 0.6) is 0 Å². The lowest BCUT2D eigenvalue weighted by Crippen LogP contribution is -2.30. The number of rotatable bonds is 64. The first kappa shape index (κ1) is 76.1. The number of carbonyl (C=O) groups excluding carboxylic acids is 3. The van der Waals surface area contributed by atoms with E-state index in [2.05, 4.69) is 81.5 Å². The highest BCUT2D eigenvalue weighted by atomic mass is 16.6. The van der Waals surface area contributed by atoms with Gasteiger partial charge in [-0.05, 0) is 103 Å². The fourth-order valence-electron chi connectivity index (χ4n) is 10.2. The predicted molar refractivity (Wildman–Crippen MR) is 344 cm³/mol. The van der Waals surface area contributed by atoms with Gasteiger partial charge < -0.3 is 14.2 Å². The Morgan fingerprint density at radius 1 is 0.253 bits per heavy atom. The Morgan fingerprint density at radius 3 is 0.759 bits per heavy atom. The lowest BCUT2D eigenvalue weighted by Gasteiger charge is -2.18. The fraction of sp³-hybridized carbons (Fsp3) is 0.822. The molecule has 0 bridgehead atoms. The maximum absolute atomic E-state index is 12.9. The summed E-state index contributed by atoms with van der Waals surface area (Å²) < 4.78 is 17.0. The van der Waals surface area contributed by atoms with E-state index in [0.717, 1.165) is 89.9 Å². The van der Waals surface area contributed by atoms with E-state index in [-0.39, 0.29) is 31.1 Å². The van der Waals surface area contributed by atoms with Crippen molar-refractivity contribution in [2.24, 2.45) is 0 Å². The summed E-state index contributed by atoms with van der Waals surface area (Å²) in [5.74, 6) is -0.882. The maximum Gasteiger partial charge on any atom is 0.306 e. The minimum absolute atomic E-state index is 0.0792. The molecule has 0 saturated carbocycles. The number of unbranched alkanes of at least 4 members (excludes halogenated alkanes) is 43. The summed E-state index contributed by atoms with van der Waals surface area (Å²) in [6.07, 6.45) is 86.8. The number of hydrogen-bond acceptors (Lipinski definition) is 6. The van der Waals surface area contributed by atoms with Gasteiger partial charge in [0.25, 0.3) is 0 Å². The second-order valence-corrected chi connectivity index (χ2v) is 23.4. The minimum atomic E-state index is -0.785. The summed E-state index contributed by atoms with van der Waals surface area (Å²) in [6, 6.07) is 0. The maximum atomic E-state index is 12.9. The van der Waals surface area contributed by atoms with Gasteiger partial charge in [0, 0.05) is 19.3 Å². The summed E-state index contributed by atoms with van der Waals surface area (Å²) >= 11 is 0. The van der Waals surface area contributed by atoms with E-state index in [1.54, 1.807) is 0 Å². The average molecular weight is 1110 g/mol. The van der Waals surface area contributed by atoms with Crippen LogP contribution in [0.3, 0.4) is 0 Å². The zero-order valence-electron chi connectivity index (χ0n) is 52.9. The third kappa shape index (κ3) is 65.8. The normalized spacial score (nSPS) is 12.4. The van der Waals surface area contributed by atoms with E-state index in [4.69, 9.17) is 14.2 Å². The van der Waals surface area contributed by atoms with Crippen LogP contribution in [0.4, 0.5) is 0 Å². The molecular weight excluding hydrogens is 973 g/mol. The molecule has 0 amide bonds. The molecule has 0 saturated heterocycles. The van der Waals surface area contributed by atoms with Crippen molar-refractivity contribution in [3.8, 4) is 0 Å². The highest BCUT2D eigenvalue weighted by molar-refractivity contribution is 5.71. The fourth-order valence-corrected chi connectivity index (χ4v) is 10.2. The molecule has 1 unspecified atom stereocenters. The Morgan fingerprint density at radius 2 is 0.468 bits per heavy atom. The summed E-state index contributed by atoms with van der Waals surface area (Å²) in [4.78, 5) is 38.4. The Balaban J connectivity index is 4.23. The molecule has 0 aliphatic heterocycles. The van der Waals surface area contributed by atoms with Crippen LogP contribution < -0.4 is 0 Å². The monoisotopic (exact) mass is 1110 g/mol. The zero-order chi connectivity index (χ0) is 57.1.